The third-order valence-electron chi connectivity index (χ3n) is 9.96. The van der Waals surface area contributed by atoms with Crippen LogP contribution in [0.25, 0.3) is 0 Å². The summed E-state index contributed by atoms with van der Waals surface area (Å²) in [5.74, 6) is 0. The number of unbranched alkanes of at least 4 members (excludes halogenated alkanes) is 31. The Morgan fingerprint density at radius 3 is 0.909 bits per heavy atom. The van der Waals surface area contributed by atoms with Gasteiger partial charge in [0.1, 0.15) is 0 Å². The standard InChI is InChI=1S/C43H79Cl/c1-4-5-6-7-8-9-10-11-12-13-14-15-16-17-18-19-20-21-22-23-24-25-26-27-28-29-30-31-32-33-34-35-38-41-39-36-37-40-42(41)43(2,3)44/h36-37,39-40H,4-35,38H2,1-3H3. The van der Waals surface area contributed by atoms with Crippen molar-refractivity contribution in [2.24, 2.45) is 0 Å². The Hall–Kier alpha value is -0.490. The minimum absolute atomic E-state index is 0.262. The van der Waals surface area contributed by atoms with E-state index in [-0.39, 0.29) is 4.87 Å². The van der Waals surface area contributed by atoms with Gasteiger partial charge >= 0.3 is 0 Å². The van der Waals surface area contributed by atoms with Gasteiger partial charge in [-0.15, -0.1) is 11.6 Å². The molecule has 0 amide bonds. The Morgan fingerprint density at radius 1 is 0.386 bits per heavy atom. The zero-order chi connectivity index (χ0) is 31.8. The Bertz CT molecular complexity index is 701. The van der Waals surface area contributed by atoms with Crippen LogP contribution in [0.4, 0.5) is 0 Å². The average molecular weight is 632 g/mol. The molecular formula is C43H79Cl. The van der Waals surface area contributed by atoms with E-state index in [1.165, 1.54) is 223 Å². The fourth-order valence-corrected chi connectivity index (χ4v) is 7.19. The van der Waals surface area contributed by atoms with Crippen LogP contribution in [0.15, 0.2) is 24.3 Å². The first-order chi connectivity index (χ1) is 21.6. The minimum Gasteiger partial charge on any atom is -0.115 e. The van der Waals surface area contributed by atoms with Crippen LogP contribution >= 0.6 is 11.6 Å². The third kappa shape index (κ3) is 26.7. The van der Waals surface area contributed by atoms with Crippen molar-refractivity contribution < 1.29 is 0 Å². The highest BCUT2D eigenvalue weighted by atomic mass is 35.5. The topological polar surface area (TPSA) is 0 Å². The number of benzene rings is 1. The highest BCUT2D eigenvalue weighted by Gasteiger charge is 2.19. The highest BCUT2D eigenvalue weighted by Crippen LogP contribution is 2.31. The summed E-state index contributed by atoms with van der Waals surface area (Å²) >= 11 is 6.59. The van der Waals surface area contributed by atoms with Crippen molar-refractivity contribution in [1.82, 2.24) is 0 Å². The number of rotatable bonds is 34. The number of aryl methyl sites for hydroxylation is 1. The maximum Gasteiger partial charge on any atom is 0.0641 e. The van der Waals surface area contributed by atoms with E-state index in [4.69, 9.17) is 11.6 Å². The molecule has 1 aromatic rings. The van der Waals surface area contributed by atoms with E-state index in [2.05, 4.69) is 45.0 Å². The quantitative estimate of drug-likeness (QED) is 0.0525. The van der Waals surface area contributed by atoms with Gasteiger partial charge in [0.2, 0.25) is 0 Å². The van der Waals surface area contributed by atoms with E-state index in [1.807, 2.05) is 0 Å². The fraction of sp³-hybridized carbons (Fsp3) is 0.860. The lowest BCUT2D eigenvalue weighted by atomic mass is 9.93. The Morgan fingerprint density at radius 2 is 0.636 bits per heavy atom. The molecule has 0 radical (unpaired) electrons. The fourth-order valence-electron chi connectivity index (χ4n) is 7.01. The summed E-state index contributed by atoms with van der Waals surface area (Å²) in [4.78, 5) is -0.262. The van der Waals surface area contributed by atoms with E-state index in [0.29, 0.717) is 0 Å². The molecular weight excluding hydrogens is 552 g/mol. The third-order valence-corrected chi connectivity index (χ3v) is 10.2. The van der Waals surface area contributed by atoms with Gasteiger partial charge in [0.15, 0.2) is 0 Å². The molecule has 0 saturated heterocycles. The molecule has 0 atom stereocenters. The van der Waals surface area contributed by atoms with Crippen LogP contribution in [-0.4, -0.2) is 0 Å². The van der Waals surface area contributed by atoms with Gasteiger partial charge < -0.3 is 0 Å². The molecule has 0 fully saturated rings. The van der Waals surface area contributed by atoms with Gasteiger partial charge in [-0.2, -0.15) is 0 Å². The summed E-state index contributed by atoms with van der Waals surface area (Å²) in [7, 11) is 0. The molecule has 0 aliphatic heterocycles. The molecule has 1 rings (SSSR count). The van der Waals surface area contributed by atoms with Crippen LogP contribution in [0.2, 0.25) is 0 Å². The first-order valence-corrected chi connectivity index (χ1v) is 20.7. The summed E-state index contributed by atoms with van der Waals surface area (Å²) in [5, 5.41) is 0. The van der Waals surface area contributed by atoms with E-state index in [9.17, 15) is 0 Å². The van der Waals surface area contributed by atoms with Crippen molar-refractivity contribution in [3.05, 3.63) is 35.4 Å². The molecule has 0 bridgehead atoms. The predicted molar refractivity (Wildman–Crippen MR) is 202 cm³/mol. The molecule has 0 aromatic heterocycles. The lowest BCUT2D eigenvalue weighted by Crippen LogP contribution is -2.10. The van der Waals surface area contributed by atoms with Crippen molar-refractivity contribution in [2.45, 2.75) is 238 Å². The average Bonchev–Trinajstić information content (AvgIpc) is 3.01. The van der Waals surface area contributed by atoms with Gasteiger partial charge in [0.05, 0.1) is 4.87 Å². The first kappa shape index (κ1) is 41.5. The molecule has 0 aliphatic carbocycles. The molecule has 0 unspecified atom stereocenters. The van der Waals surface area contributed by atoms with Gasteiger partial charge in [-0.1, -0.05) is 230 Å². The van der Waals surface area contributed by atoms with Crippen molar-refractivity contribution >= 4 is 11.6 Å². The number of halogens is 1. The van der Waals surface area contributed by atoms with E-state index >= 15 is 0 Å². The lowest BCUT2D eigenvalue weighted by Gasteiger charge is -2.20. The van der Waals surface area contributed by atoms with Gasteiger partial charge in [-0.05, 0) is 37.8 Å². The Kier molecular flexibility index (Phi) is 29.4. The second-order valence-electron chi connectivity index (χ2n) is 14.8. The van der Waals surface area contributed by atoms with Crippen LogP contribution in [0.1, 0.15) is 237 Å². The van der Waals surface area contributed by atoms with Crippen LogP contribution < -0.4 is 0 Å². The van der Waals surface area contributed by atoms with Crippen LogP contribution in [0.3, 0.4) is 0 Å². The molecule has 0 spiro atoms. The van der Waals surface area contributed by atoms with E-state index in [1.54, 1.807) is 0 Å². The van der Waals surface area contributed by atoms with Crippen molar-refractivity contribution in [1.29, 1.82) is 0 Å². The van der Waals surface area contributed by atoms with Crippen LogP contribution in [0.5, 0.6) is 0 Å². The molecule has 0 saturated carbocycles. The largest absolute Gasteiger partial charge is 0.115 e. The second kappa shape index (κ2) is 31.1. The minimum atomic E-state index is -0.262. The zero-order valence-corrected chi connectivity index (χ0v) is 31.3. The van der Waals surface area contributed by atoms with Crippen molar-refractivity contribution in [2.75, 3.05) is 0 Å². The number of hydrogen-bond acceptors (Lipinski definition) is 0. The SMILES string of the molecule is CCCCCCCCCCCCCCCCCCCCCCCCCCCCCCCCCCc1ccccc1C(C)(C)Cl. The zero-order valence-electron chi connectivity index (χ0n) is 30.5. The normalized spacial score (nSPS) is 11.9. The summed E-state index contributed by atoms with van der Waals surface area (Å²) < 4.78 is 0. The maximum atomic E-state index is 6.59. The molecule has 0 nitrogen and oxygen atoms in total. The molecule has 258 valence electrons. The molecule has 1 heteroatoms. The van der Waals surface area contributed by atoms with Crippen molar-refractivity contribution in [3.63, 3.8) is 0 Å². The molecule has 0 N–H and O–H groups in total. The molecule has 44 heavy (non-hydrogen) atoms. The van der Waals surface area contributed by atoms with Gasteiger partial charge in [-0.25, -0.2) is 0 Å². The van der Waals surface area contributed by atoms with Crippen LogP contribution in [-0.2, 0) is 11.3 Å². The predicted octanol–water partition coefficient (Wildman–Crippen LogP) is 16.2. The van der Waals surface area contributed by atoms with Gasteiger partial charge in [0, 0.05) is 0 Å². The second-order valence-corrected chi connectivity index (χ2v) is 15.8. The highest BCUT2D eigenvalue weighted by molar-refractivity contribution is 6.23. The summed E-state index contributed by atoms with van der Waals surface area (Å²) in [6.07, 6.45) is 47.9. The molecule has 0 aliphatic rings. The maximum absolute atomic E-state index is 6.59. The van der Waals surface area contributed by atoms with Gasteiger partial charge in [-0.3, -0.25) is 0 Å². The lowest BCUT2D eigenvalue weighted by molar-refractivity contribution is 0.512. The Labute approximate surface area is 283 Å². The number of alkyl halides is 1. The summed E-state index contributed by atoms with van der Waals surface area (Å²) in [6.45, 7) is 6.52. The van der Waals surface area contributed by atoms with E-state index in [0.717, 1.165) is 0 Å². The van der Waals surface area contributed by atoms with Crippen molar-refractivity contribution in [3.8, 4) is 0 Å². The smallest absolute Gasteiger partial charge is 0.0641 e. The molecule has 0 heterocycles. The monoisotopic (exact) mass is 631 g/mol. The Balaban J connectivity index is 1.70. The molecule has 1 aromatic carbocycles. The summed E-state index contributed by atoms with van der Waals surface area (Å²) in [6, 6.07) is 8.74. The van der Waals surface area contributed by atoms with Gasteiger partial charge in [0.25, 0.3) is 0 Å². The van der Waals surface area contributed by atoms with Crippen LogP contribution in [0, 0.1) is 0 Å². The van der Waals surface area contributed by atoms with E-state index < -0.39 is 0 Å². The first-order valence-electron chi connectivity index (χ1n) is 20.3. The summed E-state index contributed by atoms with van der Waals surface area (Å²) in [5.41, 5.74) is 2.75. The number of hydrogen-bond donors (Lipinski definition) is 0.